The molecule has 1 N–H and O–H groups in total. The average Bonchev–Trinajstić information content (AvgIpc) is 2.65. The summed E-state index contributed by atoms with van der Waals surface area (Å²) >= 11 is 0. The number of ether oxygens (including phenoxy) is 1. The first kappa shape index (κ1) is 18.0. The van der Waals surface area contributed by atoms with E-state index in [0.717, 1.165) is 22.9 Å². The molecule has 0 aliphatic heterocycles. The minimum Gasteiger partial charge on any atom is -0.496 e. The van der Waals surface area contributed by atoms with Crippen LogP contribution in [0.5, 0.6) is 5.75 Å². The molecular formula is C22H24N2O2. The van der Waals surface area contributed by atoms with Gasteiger partial charge in [0.2, 0.25) is 0 Å². The number of benzene rings is 3. The van der Waals surface area contributed by atoms with E-state index in [9.17, 15) is 4.79 Å². The van der Waals surface area contributed by atoms with Crippen LogP contribution >= 0.6 is 0 Å². The maximum atomic E-state index is 12.7. The van der Waals surface area contributed by atoms with Crippen molar-refractivity contribution >= 4 is 16.7 Å². The number of fused-ring (bicyclic) bond motifs is 1. The topological polar surface area (TPSA) is 41.6 Å². The zero-order valence-corrected chi connectivity index (χ0v) is 15.5. The standard InChI is InChI=1S/C22H24N2O2/c1-24(2)15-17-10-8-16(9-11-17)14-23-22(25)20-12-18-6-4-5-7-19(18)13-21(20)26-3/h4-13H,14-15H2,1-3H3,(H,23,25). The summed E-state index contributed by atoms with van der Waals surface area (Å²) in [5.41, 5.74) is 2.87. The van der Waals surface area contributed by atoms with Gasteiger partial charge in [-0.25, -0.2) is 0 Å². The van der Waals surface area contributed by atoms with Crippen LogP contribution in [0.4, 0.5) is 0 Å². The molecule has 0 spiro atoms. The number of carbonyl (C=O) groups is 1. The molecule has 3 rings (SSSR count). The van der Waals surface area contributed by atoms with E-state index < -0.39 is 0 Å². The maximum Gasteiger partial charge on any atom is 0.255 e. The molecule has 0 saturated carbocycles. The Labute approximate surface area is 154 Å². The molecule has 3 aromatic rings. The van der Waals surface area contributed by atoms with Crippen LogP contribution in [0.1, 0.15) is 21.5 Å². The number of carbonyl (C=O) groups excluding carboxylic acids is 1. The van der Waals surface area contributed by atoms with Crippen LogP contribution < -0.4 is 10.1 Å². The van der Waals surface area contributed by atoms with Crippen LogP contribution in [0.25, 0.3) is 10.8 Å². The molecule has 0 aliphatic carbocycles. The van der Waals surface area contributed by atoms with Crippen LogP contribution in [-0.4, -0.2) is 32.0 Å². The summed E-state index contributed by atoms with van der Waals surface area (Å²) in [6.45, 7) is 1.39. The number of amides is 1. The molecule has 4 nitrogen and oxygen atoms in total. The molecule has 3 aromatic carbocycles. The lowest BCUT2D eigenvalue weighted by molar-refractivity contribution is 0.0948. The molecule has 0 radical (unpaired) electrons. The second-order valence-electron chi connectivity index (χ2n) is 6.64. The van der Waals surface area contributed by atoms with E-state index in [1.165, 1.54) is 5.56 Å². The smallest absolute Gasteiger partial charge is 0.255 e. The minimum absolute atomic E-state index is 0.134. The summed E-state index contributed by atoms with van der Waals surface area (Å²) in [7, 11) is 5.68. The van der Waals surface area contributed by atoms with E-state index in [1.807, 2.05) is 50.5 Å². The third-order valence-electron chi connectivity index (χ3n) is 4.29. The molecule has 0 aliphatic rings. The van der Waals surface area contributed by atoms with Gasteiger partial charge in [0.1, 0.15) is 5.75 Å². The van der Waals surface area contributed by atoms with Crippen molar-refractivity contribution < 1.29 is 9.53 Å². The van der Waals surface area contributed by atoms with Crippen molar-refractivity contribution in [2.45, 2.75) is 13.1 Å². The fraction of sp³-hybridized carbons (Fsp3) is 0.227. The van der Waals surface area contributed by atoms with Gasteiger partial charge in [-0.05, 0) is 48.1 Å². The highest BCUT2D eigenvalue weighted by atomic mass is 16.5. The molecule has 1 amide bonds. The van der Waals surface area contributed by atoms with Gasteiger partial charge in [-0.1, -0.05) is 48.5 Å². The third kappa shape index (κ3) is 4.21. The number of rotatable bonds is 6. The Bertz CT molecular complexity index is 902. The summed E-state index contributed by atoms with van der Waals surface area (Å²) in [6.07, 6.45) is 0. The second kappa shape index (κ2) is 8.02. The molecule has 0 fully saturated rings. The molecule has 0 bridgehead atoms. The summed E-state index contributed by atoms with van der Waals surface area (Å²) in [4.78, 5) is 14.8. The highest BCUT2D eigenvalue weighted by molar-refractivity contribution is 6.01. The molecule has 0 heterocycles. The summed E-state index contributed by atoms with van der Waals surface area (Å²) in [5.74, 6) is 0.451. The van der Waals surface area contributed by atoms with Gasteiger partial charge in [0.25, 0.3) is 5.91 Å². The molecular weight excluding hydrogens is 324 g/mol. The van der Waals surface area contributed by atoms with Crippen molar-refractivity contribution in [3.8, 4) is 5.75 Å². The normalized spacial score (nSPS) is 10.9. The van der Waals surface area contributed by atoms with Crippen molar-refractivity contribution in [1.29, 1.82) is 0 Å². The summed E-state index contributed by atoms with van der Waals surface area (Å²) in [5, 5.41) is 5.06. The van der Waals surface area contributed by atoms with Crippen molar-refractivity contribution in [1.82, 2.24) is 10.2 Å². The number of nitrogens with zero attached hydrogens (tertiary/aromatic N) is 1. The van der Waals surface area contributed by atoms with Crippen LogP contribution in [0, 0.1) is 0 Å². The molecule has 134 valence electrons. The summed E-state index contributed by atoms with van der Waals surface area (Å²) in [6, 6.07) is 20.0. The second-order valence-corrected chi connectivity index (χ2v) is 6.64. The van der Waals surface area contributed by atoms with Gasteiger partial charge >= 0.3 is 0 Å². The number of hydrogen-bond acceptors (Lipinski definition) is 3. The SMILES string of the molecule is COc1cc2ccccc2cc1C(=O)NCc1ccc(CN(C)C)cc1. The summed E-state index contributed by atoms with van der Waals surface area (Å²) < 4.78 is 5.41. The Hall–Kier alpha value is -2.85. The van der Waals surface area contributed by atoms with Gasteiger partial charge in [-0.15, -0.1) is 0 Å². The Morgan fingerprint density at radius 1 is 0.962 bits per heavy atom. The average molecular weight is 348 g/mol. The third-order valence-corrected chi connectivity index (χ3v) is 4.29. The van der Waals surface area contributed by atoms with Gasteiger partial charge in [0.15, 0.2) is 0 Å². The van der Waals surface area contributed by atoms with Crippen molar-refractivity contribution in [2.75, 3.05) is 21.2 Å². The van der Waals surface area contributed by atoms with E-state index in [-0.39, 0.29) is 5.91 Å². The van der Waals surface area contributed by atoms with Crippen LogP contribution in [-0.2, 0) is 13.1 Å². The molecule has 26 heavy (non-hydrogen) atoms. The molecule has 0 aromatic heterocycles. The monoisotopic (exact) mass is 348 g/mol. The zero-order chi connectivity index (χ0) is 18.5. The van der Waals surface area contributed by atoms with Gasteiger partial charge in [-0.2, -0.15) is 0 Å². The van der Waals surface area contributed by atoms with Gasteiger partial charge < -0.3 is 15.0 Å². The van der Waals surface area contributed by atoms with Crippen molar-refractivity contribution in [2.24, 2.45) is 0 Å². The highest BCUT2D eigenvalue weighted by Gasteiger charge is 2.13. The molecule has 0 unspecified atom stereocenters. The molecule has 0 atom stereocenters. The van der Waals surface area contributed by atoms with Crippen LogP contribution in [0.3, 0.4) is 0 Å². The predicted molar refractivity (Wildman–Crippen MR) is 106 cm³/mol. The van der Waals surface area contributed by atoms with Gasteiger partial charge in [-0.3, -0.25) is 4.79 Å². The van der Waals surface area contributed by atoms with E-state index >= 15 is 0 Å². The number of methoxy groups -OCH3 is 1. The Morgan fingerprint density at radius 2 is 1.58 bits per heavy atom. The first-order valence-electron chi connectivity index (χ1n) is 8.64. The van der Waals surface area contributed by atoms with Gasteiger partial charge in [0, 0.05) is 13.1 Å². The van der Waals surface area contributed by atoms with Crippen LogP contribution in [0.15, 0.2) is 60.7 Å². The maximum absolute atomic E-state index is 12.7. The number of hydrogen-bond donors (Lipinski definition) is 1. The van der Waals surface area contributed by atoms with Crippen LogP contribution in [0.2, 0.25) is 0 Å². The van der Waals surface area contributed by atoms with E-state index in [1.54, 1.807) is 7.11 Å². The lowest BCUT2D eigenvalue weighted by atomic mass is 10.1. The molecule has 4 heteroatoms. The Kier molecular flexibility index (Phi) is 5.54. The fourth-order valence-corrected chi connectivity index (χ4v) is 2.97. The van der Waals surface area contributed by atoms with E-state index in [4.69, 9.17) is 4.74 Å². The lowest BCUT2D eigenvalue weighted by Gasteiger charge is -2.12. The lowest BCUT2D eigenvalue weighted by Crippen LogP contribution is -2.23. The van der Waals surface area contributed by atoms with Gasteiger partial charge in [0.05, 0.1) is 12.7 Å². The first-order chi connectivity index (χ1) is 12.6. The predicted octanol–water partition coefficient (Wildman–Crippen LogP) is 3.84. The Balaban J connectivity index is 1.72. The number of nitrogens with one attached hydrogen (secondary N) is 1. The Morgan fingerprint density at radius 3 is 2.19 bits per heavy atom. The van der Waals surface area contributed by atoms with E-state index in [2.05, 4.69) is 34.5 Å². The van der Waals surface area contributed by atoms with Crippen molar-refractivity contribution in [3.63, 3.8) is 0 Å². The van der Waals surface area contributed by atoms with Crippen molar-refractivity contribution in [3.05, 3.63) is 77.4 Å². The van der Waals surface area contributed by atoms with E-state index in [0.29, 0.717) is 17.9 Å². The first-order valence-corrected chi connectivity index (χ1v) is 8.64. The highest BCUT2D eigenvalue weighted by Crippen LogP contribution is 2.26. The largest absolute Gasteiger partial charge is 0.496 e. The quantitative estimate of drug-likeness (QED) is 0.736. The minimum atomic E-state index is -0.134. The molecule has 0 saturated heterocycles. The zero-order valence-electron chi connectivity index (χ0n) is 15.5. The fourth-order valence-electron chi connectivity index (χ4n) is 2.97.